The second kappa shape index (κ2) is 23.5. The zero-order valence-corrected chi connectivity index (χ0v) is 53.7. The summed E-state index contributed by atoms with van der Waals surface area (Å²) in [7, 11) is 0. The first kappa shape index (κ1) is 56.6. The Hall–Kier alpha value is -12.9. The van der Waals surface area contributed by atoms with Crippen LogP contribution in [0, 0.1) is 0 Å². The van der Waals surface area contributed by atoms with Gasteiger partial charge in [0.2, 0.25) is 0 Å². The molecule has 0 amide bonds. The normalized spacial score (nSPS) is 11.7. The van der Waals surface area contributed by atoms with Crippen molar-refractivity contribution >= 4 is 108 Å². The highest BCUT2D eigenvalue weighted by atomic mass is 15.0. The molecule has 20 rings (SSSR count). The molecule has 0 saturated carbocycles. The molecule has 0 fully saturated rings. The molecule has 0 N–H and O–H groups in total. The molecule has 0 aliphatic heterocycles. The number of rotatable bonds is 8. The fraction of sp³-hybridized carbons (Fsp3) is 0. The Morgan fingerprint density at radius 2 is 0.439 bits per heavy atom. The van der Waals surface area contributed by atoms with Crippen LogP contribution in [0.4, 0.5) is 0 Å². The third-order valence-electron chi connectivity index (χ3n) is 20.3. The minimum absolute atomic E-state index is 1.17. The summed E-state index contributed by atoms with van der Waals surface area (Å²) in [5, 5.41) is 20.3. The largest absolute Gasteiger partial charge is 0.309 e. The Kier molecular flexibility index (Phi) is 13.6. The summed E-state index contributed by atoms with van der Waals surface area (Å²) in [6, 6.07) is 138. The zero-order valence-electron chi connectivity index (χ0n) is 53.7. The van der Waals surface area contributed by atoms with Crippen molar-refractivity contribution in [1.82, 2.24) is 9.13 Å². The van der Waals surface area contributed by atoms with Crippen molar-refractivity contribution < 1.29 is 0 Å². The minimum atomic E-state index is 1.17. The Labute approximate surface area is 568 Å². The summed E-state index contributed by atoms with van der Waals surface area (Å²) >= 11 is 0. The van der Waals surface area contributed by atoms with Crippen molar-refractivity contribution in [3.05, 3.63) is 376 Å². The van der Waals surface area contributed by atoms with Crippen LogP contribution in [0.1, 0.15) is 0 Å². The topological polar surface area (TPSA) is 9.86 Å². The van der Waals surface area contributed by atoms with Crippen molar-refractivity contribution in [3.63, 3.8) is 0 Å². The van der Waals surface area contributed by atoms with E-state index in [4.69, 9.17) is 0 Å². The Morgan fingerprint density at radius 3 is 0.908 bits per heavy atom. The molecule has 0 atom stereocenters. The van der Waals surface area contributed by atoms with Gasteiger partial charge in [0.25, 0.3) is 0 Å². The first-order chi connectivity index (χ1) is 48.5. The molecule has 0 saturated heterocycles. The van der Waals surface area contributed by atoms with Crippen molar-refractivity contribution in [2.24, 2.45) is 0 Å². The third kappa shape index (κ3) is 9.89. The molecule has 0 spiro atoms. The van der Waals surface area contributed by atoms with Crippen LogP contribution in [-0.4, -0.2) is 9.13 Å². The van der Waals surface area contributed by atoms with Crippen LogP contribution in [0.25, 0.3) is 186 Å². The Morgan fingerprint density at radius 1 is 0.143 bits per heavy atom. The van der Waals surface area contributed by atoms with E-state index in [1.54, 1.807) is 0 Å². The highest BCUT2D eigenvalue weighted by Gasteiger charge is 2.19. The van der Waals surface area contributed by atoms with Crippen LogP contribution >= 0.6 is 0 Å². The number of fused-ring (bicyclic) bond motifs is 14. The summed E-state index contributed by atoms with van der Waals surface area (Å²) in [6.07, 6.45) is 0. The molecule has 2 heterocycles. The maximum atomic E-state index is 2.41. The van der Waals surface area contributed by atoms with Gasteiger partial charge in [-0.05, 0) is 222 Å². The first-order valence-electron chi connectivity index (χ1n) is 33.8. The average molecular weight is 1240 g/mol. The lowest BCUT2D eigenvalue weighted by molar-refractivity contribution is 1.18. The van der Waals surface area contributed by atoms with Gasteiger partial charge >= 0.3 is 0 Å². The van der Waals surface area contributed by atoms with Crippen molar-refractivity contribution in [2.75, 3.05) is 0 Å². The lowest BCUT2D eigenvalue weighted by Gasteiger charge is -2.11. The van der Waals surface area contributed by atoms with E-state index in [1.165, 1.54) is 186 Å². The lowest BCUT2D eigenvalue weighted by Crippen LogP contribution is -1.93. The first-order valence-corrected chi connectivity index (χ1v) is 33.8. The molecule has 18 aromatic carbocycles. The molecule has 0 aliphatic carbocycles. The summed E-state index contributed by atoms with van der Waals surface area (Å²) in [4.78, 5) is 0. The number of hydrogen-bond acceptors (Lipinski definition) is 0. The molecule has 0 bridgehead atoms. The van der Waals surface area contributed by atoms with Gasteiger partial charge in [-0.25, -0.2) is 0 Å². The summed E-state index contributed by atoms with van der Waals surface area (Å²) in [5.41, 5.74) is 22.0. The quantitative estimate of drug-likeness (QED) is 0.143. The predicted molar refractivity (Wildman–Crippen MR) is 419 cm³/mol. The van der Waals surface area contributed by atoms with E-state index in [0.29, 0.717) is 0 Å². The SMILES string of the molecule is c1ccc(-c2ccc(-n3c4ccccc4c4c5cc(-c6ccc7cc(-c8ccc9ccccc9c8)ccc7c6)ccc5ccc43)cc2)cc1.c1ccc(-c2ccc(-n3c4ccccc4c4c5cc(-c6ccc7cc(-c8cccc9ccccc89)ccc7c6)ccc5ccc43)cc2)cc1. The third-order valence-corrected chi connectivity index (χ3v) is 20.3. The van der Waals surface area contributed by atoms with Crippen LogP contribution in [0.15, 0.2) is 376 Å². The molecule has 456 valence electrons. The number of nitrogens with zero attached hydrogens (tertiary/aromatic N) is 2. The van der Waals surface area contributed by atoms with E-state index >= 15 is 0 Å². The monoisotopic (exact) mass is 1240 g/mol. The van der Waals surface area contributed by atoms with Crippen LogP contribution < -0.4 is 0 Å². The number of hydrogen-bond donors (Lipinski definition) is 0. The van der Waals surface area contributed by atoms with Gasteiger partial charge in [-0.15, -0.1) is 0 Å². The molecule has 0 radical (unpaired) electrons. The maximum absolute atomic E-state index is 2.41. The molecule has 2 aromatic heterocycles. The molecule has 0 aliphatic rings. The lowest BCUT2D eigenvalue weighted by atomic mass is 9.94. The molecule has 2 nitrogen and oxygen atoms in total. The molecule has 98 heavy (non-hydrogen) atoms. The van der Waals surface area contributed by atoms with Gasteiger partial charge in [0, 0.05) is 32.9 Å². The summed E-state index contributed by atoms with van der Waals surface area (Å²) in [5.74, 6) is 0. The molecule has 0 unspecified atom stereocenters. The fourth-order valence-electron chi connectivity index (χ4n) is 15.4. The van der Waals surface area contributed by atoms with Crippen LogP contribution in [0.2, 0.25) is 0 Å². The number of benzene rings is 18. The van der Waals surface area contributed by atoms with Gasteiger partial charge in [0.1, 0.15) is 0 Å². The number of para-hydroxylation sites is 2. The molecular formula is C96H62N2. The van der Waals surface area contributed by atoms with Gasteiger partial charge in [0.05, 0.1) is 22.1 Å². The van der Waals surface area contributed by atoms with E-state index in [1.807, 2.05) is 0 Å². The standard InChI is InChI=1S/2C48H31N/c1-2-9-32(10-3-1)33-23-26-41(27-24-33)49-46-16-7-6-14-44(46)48-45-31-39(18-17-35(45)25-28-47(48)49)37-19-20-38-30-40(22-21-36(38)29-37)43-15-8-12-34-11-4-5-13-42(34)43;1-2-8-32(9-3-1)34-22-25-43(26-23-34)49-46-13-7-6-12-44(46)48-45-31-42(17-15-35(45)24-27-47(48)49)41-21-20-39-29-38(18-19-40(39)30-41)37-16-14-33-10-4-5-11-36(33)28-37/h2*1-31H. The second-order valence-corrected chi connectivity index (χ2v) is 26.0. The van der Waals surface area contributed by atoms with E-state index < -0.39 is 0 Å². The predicted octanol–water partition coefficient (Wildman–Crippen LogP) is 26.5. The summed E-state index contributed by atoms with van der Waals surface area (Å²) in [6.45, 7) is 0. The number of aromatic nitrogens is 2. The van der Waals surface area contributed by atoms with Gasteiger partial charge in [0.15, 0.2) is 0 Å². The molecule has 2 heteroatoms. The Balaban J connectivity index is 0.000000137. The summed E-state index contributed by atoms with van der Waals surface area (Å²) < 4.78 is 4.82. The highest BCUT2D eigenvalue weighted by Crippen LogP contribution is 2.43. The average Bonchev–Trinajstić information content (AvgIpc) is 1.57. The molecular weight excluding hydrogens is 1180 g/mol. The van der Waals surface area contributed by atoms with Crippen LogP contribution in [0.3, 0.4) is 0 Å². The zero-order chi connectivity index (χ0) is 64.6. The van der Waals surface area contributed by atoms with Crippen LogP contribution in [-0.2, 0) is 0 Å². The van der Waals surface area contributed by atoms with Crippen molar-refractivity contribution in [1.29, 1.82) is 0 Å². The van der Waals surface area contributed by atoms with Crippen molar-refractivity contribution in [2.45, 2.75) is 0 Å². The molecule has 20 aromatic rings. The Bertz CT molecular complexity index is 6500. The van der Waals surface area contributed by atoms with E-state index in [0.717, 1.165) is 0 Å². The van der Waals surface area contributed by atoms with Crippen molar-refractivity contribution in [3.8, 4) is 78.1 Å². The second-order valence-electron chi connectivity index (χ2n) is 26.0. The van der Waals surface area contributed by atoms with Gasteiger partial charge in [-0.1, -0.05) is 285 Å². The maximum Gasteiger partial charge on any atom is 0.0547 e. The van der Waals surface area contributed by atoms with E-state index in [9.17, 15) is 0 Å². The van der Waals surface area contributed by atoms with E-state index in [2.05, 4.69) is 385 Å². The van der Waals surface area contributed by atoms with E-state index in [-0.39, 0.29) is 0 Å². The fourth-order valence-corrected chi connectivity index (χ4v) is 15.4. The highest BCUT2D eigenvalue weighted by molar-refractivity contribution is 6.23. The van der Waals surface area contributed by atoms with Gasteiger partial charge < -0.3 is 9.13 Å². The van der Waals surface area contributed by atoms with Gasteiger partial charge in [-0.3, -0.25) is 0 Å². The van der Waals surface area contributed by atoms with Gasteiger partial charge in [-0.2, -0.15) is 0 Å². The smallest absolute Gasteiger partial charge is 0.0547 e. The van der Waals surface area contributed by atoms with Crippen LogP contribution in [0.5, 0.6) is 0 Å². The minimum Gasteiger partial charge on any atom is -0.309 e.